The minimum absolute atomic E-state index is 0.129. The van der Waals surface area contributed by atoms with Gasteiger partial charge >= 0.3 is 0 Å². The molecule has 0 spiro atoms. The number of carbonyl (C=O) groups excluding carboxylic acids is 1. The van der Waals surface area contributed by atoms with E-state index in [-0.39, 0.29) is 10.5 Å². The maximum absolute atomic E-state index is 12.8. The molecular weight excluding hydrogens is 315 g/mol. The van der Waals surface area contributed by atoms with Crippen LogP contribution in [0.4, 0.5) is 4.39 Å². The molecule has 1 heterocycles. The van der Waals surface area contributed by atoms with Crippen LogP contribution in [0.5, 0.6) is 0 Å². The third kappa shape index (κ3) is 3.66. The van der Waals surface area contributed by atoms with Gasteiger partial charge in [0.2, 0.25) is 0 Å². The van der Waals surface area contributed by atoms with Crippen LogP contribution < -0.4 is 10.3 Å². The first-order valence-corrected chi connectivity index (χ1v) is 8.24. The first-order chi connectivity index (χ1) is 9.79. The average molecular weight is 328 g/mol. The molecule has 0 fully saturated rings. The normalized spacial score (nSPS) is 11.4. The lowest BCUT2D eigenvalue weighted by Crippen LogP contribution is -2.41. The molecule has 0 atom stereocenters. The summed E-state index contributed by atoms with van der Waals surface area (Å²) in [6.45, 7) is 3.49. The Bertz CT molecular complexity index is 767. The Labute approximate surface area is 125 Å². The van der Waals surface area contributed by atoms with Gasteiger partial charge in [-0.3, -0.25) is 10.2 Å². The van der Waals surface area contributed by atoms with Crippen LogP contribution in [0.3, 0.4) is 0 Å². The molecule has 1 aromatic carbocycles. The van der Waals surface area contributed by atoms with Gasteiger partial charge in [0.15, 0.2) is 0 Å². The van der Waals surface area contributed by atoms with Crippen LogP contribution in [-0.4, -0.2) is 14.3 Å². The molecule has 8 heteroatoms. The Morgan fingerprint density at radius 2 is 1.81 bits per heavy atom. The number of sulfonamides is 1. The molecule has 0 saturated heterocycles. The number of hydrogen-bond donors (Lipinski definition) is 2. The Morgan fingerprint density at radius 3 is 2.33 bits per heavy atom. The van der Waals surface area contributed by atoms with E-state index in [1.165, 1.54) is 29.5 Å². The van der Waals surface area contributed by atoms with Gasteiger partial charge in [0.05, 0.1) is 4.90 Å². The summed E-state index contributed by atoms with van der Waals surface area (Å²) in [5.74, 6) is -1.14. The van der Waals surface area contributed by atoms with Crippen molar-refractivity contribution < 1.29 is 17.6 Å². The summed E-state index contributed by atoms with van der Waals surface area (Å²) in [7, 11) is -3.83. The van der Waals surface area contributed by atoms with Gasteiger partial charge in [0, 0.05) is 15.3 Å². The van der Waals surface area contributed by atoms with Crippen LogP contribution in [0, 0.1) is 19.7 Å². The number of benzene rings is 1. The van der Waals surface area contributed by atoms with E-state index < -0.39 is 21.7 Å². The van der Waals surface area contributed by atoms with E-state index in [4.69, 9.17) is 0 Å². The van der Waals surface area contributed by atoms with Crippen molar-refractivity contribution in [1.82, 2.24) is 10.3 Å². The van der Waals surface area contributed by atoms with Crippen molar-refractivity contribution in [1.29, 1.82) is 0 Å². The van der Waals surface area contributed by atoms with Gasteiger partial charge in [0.1, 0.15) is 5.82 Å². The van der Waals surface area contributed by atoms with Crippen LogP contribution in [0.1, 0.15) is 20.1 Å². The summed E-state index contributed by atoms with van der Waals surface area (Å²) >= 11 is 1.35. The van der Waals surface area contributed by atoms with Gasteiger partial charge in [-0.05, 0) is 44.2 Å². The quantitative estimate of drug-likeness (QED) is 0.844. The van der Waals surface area contributed by atoms with Gasteiger partial charge in [-0.15, -0.1) is 16.2 Å². The predicted octanol–water partition coefficient (Wildman–Crippen LogP) is 2.13. The maximum Gasteiger partial charge on any atom is 0.266 e. The Balaban J connectivity index is 2.10. The highest BCUT2D eigenvalue weighted by Gasteiger charge is 2.20. The number of amides is 1. The minimum atomic E-state index is -3.83. The molecule has 1 amide bonds. The highest BCUT2D eigenvalue weighted by molar-refractivity contribution is 7.89. The molecular formula is C13H13FN2O3S2. The molecule has 0 bridgehead atoms. The molecule has 2 rings (SSSR count). The number of rotatable bonds is 4. The summed E-state index contributed by atoms with van der Waals surface area (Å²) in [4.78, 5) is 15.4. The van der Waals surface area contributed by atoms with E-state index in [1.54, 1.807) is 13.8 Å². The summed E-state index contributed by atoms with van der Waals surface area (Å²) in [6.07, 6.45) is 0. The van der Waals surface area contributed by atoms with Crippen LogP contribution >= 0.6 is 11.3 Å². The lowest BCUT2D eigenvalue weighted by molar-refractivity contribution is 0.0945. The van der Waals surface area contributed by atoms with Crippen LogP contribution in [0.15, 0.2) is 35.2 Å². The van der Waals surface area contributed by atoms with Crippen LogP contribution in [0.25, 0.3) is 0 Å². The van der Waals surface area contributed by atoms with Gasteiger partial charge in [0.25, 0.3) is 15.9 Å². The van der Waals surface area contributed by atoms with E-state index >= 15 is 0 Å². The molecule has 0 unspecified atom stereocenters. The largest absolute Gasteiger partial charge is 0.273 e. The molecule has 21 heavy (non-hydrogen) atoms. The summed E-state index contributed by atoms with van der Waals surface area (Å²) < 4.78 is 36.9. The molecule has 5 nitrogen and oxygen atoms in total. The number of nitrogens with one attached hydrogen (secondary N) is 2. The van der Waals surface area contributed by atoms with E-state index in [2.05, 4.69) is 5.43 Å². The maximum atomic E-state index is 12.8. The van der Waals surface area contributed by atoms with Crippen molar-refractivity contribution in [3.8, 4) is 0 Å². The molecule has 2 N–H and O–H groups in total. The molecule has 0 aliphatic rings. The average Bonchev–Trinajstić information content (AvgIpc) is 2.77. The highest BCUT2D eigenvalue weighted by Crippen LogP contribution is 2.24. The van der Waals surface area contributed by atoms with Crippen molar-refractivity contribution in [3.05, 3.63) is 51.5 Å². The summed E-state index contributed by atoms with van der Waals surface area (Å²) in [6, 6.07) is 6.30. The smallest absolute Gasteiger partial charge is 0.266 e. The van der Waals surface area contributed by atoms with E-state index in [1.807, 2.05) is 4.83 Å². The molecule has 1 aromatic heterocycles. The van der Waals surface area contributed by atoms with Crippen molar-refractivity contribution in [2.75, 3.05) is 0 Å². The highest BCUT2D eigenvalue weighted by atomic mass is 32.2. The van der Waals surface area contributed by atoms with Crippen molar-refractivity contribution >= 4 is 27.3 Å². The topological polar surface area (TPSA) is 75.3 Å². The fourth-order valence-electron chi connectivity index (χ4n) is 1.72. The second-order valence-electron chi connectivity index (χ2n) is 4.34. The minimum Gasteiger partial charge on any atom is -0.273 e. The fraction of sp³-hybridized carbons (Fsp3) is 0.154. The monoisotopic (exact) mass is 328 g/mol. The molecule has 0 radical (unpaired) electrons. The fourth-order valence-corrected chi connectivity index (χ4v) is 4.11. The first kappa shape index (κ1) is 15.6. The lowest BCUT2D eigenvalue weighted by atomic mass is 10.2. The third-order valence-electron chi connectivity index (χ3n) is 2.69. The first-order valence-electron chi connectivity index (χ1n) is 5.94. The van der Waals surface area contributed by atoms with Crippen molar-refractivity contribution in [2.45, 2.75) is 18.7 Å². The number of thiophene rings is 1. The van der Waals surface area contributed by atoms with Gasteiger partial charge < -0.3 is 0 Å². The second-order valence-corrected chi connectivity index (χ2v) is 7.46. The van der Waals surface area contributed by atoms with Gasteiger partial charge in [-0.1, -0.05) is 0 Å². The van der Waals surface area contributed by atoms with E-state index in [9.17, 15) is 17.6 Å². The summed E-state index contributed by atoms with van der Waals surface area (Å²) in [5, 5.41) is 0. The van der Waals surface area contributed by atoms with E-state index in [0.29, 0.717) is 4.88 Å². The number of hydrazine groups is 1. The third-order valence-corrected chi connectivity index (χ3v) is 5.16. The SMILES string of the molecule is Cc1cc(S(=O)(=O)NNC(=O)c2ccc(F)cc2)c(C)s1. The number of halogens is 1. The zero-order chi connectivity index (χ0) is 15.6. The zero-order valence-corrected chi connectivity index (χ0v) is 12.9. The molecule has 2 aromatic rings. The van der Waals surface area contributed by atoms with Crippen LogP contribution in [-0.2, 0) is 10.0 Å². The molecule has 0 aliphatic heterocycles. The second kappa shape index (κ2) is 5.92. The van der Waals surface area contributed by atoms with Gasteiger partial charge in [-0.2, -0.15) is 0 Å². The lowest BCUT2D eigenvalue weighted by Gasteiger charge is -2.08. The van der Waals surface area contributed by atoms with Crippen LogP contribution in [0.2, 0.25) is 0 Å². The number of hydrogen-bond acceptors (Lipinski definition) is 4. The Kier molecular flexibility index (Phi) is 4.40. The molecule has 0 aliphatic carbocycles. The molecule has 112 valence electrons. The molecule has 0 saturated carbocycles. The number of aryl methyl sites for hydroxylation is 2. The van der Waals surface area contributed by atoms with Crippen molar-refractivity contribution in [3.63, 3.8) is 0 Å². The predicted molar refractivity (Wildman–Crippen MR) is 78.0 cm³/mol. The van der Waals surface area contributed by atoms with Gasteiger partial charge in [-0.25, -0.2) is 12.8 Å². The number of carbonyl (C=O) groups is 1. The Hall–Kier alpha value is -1.77. The standard InChI is InChI=1S/C13H13FN2O3S2/c1-8-7-12(9(2)20-8)21(18,19)16-15-13(17)10-3-5-11(14)6-4-10/h3-7,16H,1-2H3,(H,15,17). The van der Waals surface area contributed by atoms with Crippen molar-refractivity contribution in [2.24, 2.45) is 0 Å². The van der Waals surface area contributed by atoms with E-state index in [0.717, 1.165) is 17.0 Å². The summed E-state index contributed by atoms with van der Waals surface area (Å²) in [5.41, 5.74) is 2.25. The zero-order valence-electron chi connectivity index (χ0n) is 11.3. The Morgan fingerprint density at radius 1 is 1.19 bits per heavy atom.